The van der Waals surface area contributed by atoms with Crippen LogP contribution in [0.5, 0.6) is 5.75 Å². The molecule has 0 amide bonds. The van der Waals surface area contributed by atoms with Gasteiger partial charge in [-0.2, -0.15) is 0 Å². The Labute approximate surface area is 127 Å². The quantitative estimate of drug-likeness (QED) is 0.824. The standard InChI is InChI=1S/C19H23NO/c1-3-4-7-15(2)17-14-19(10-12-20-13-11-19)21-18-9-6-5-8-16(17)18/h3-9,14,20H,10-13H2,1-2H3/b4-3-,15-7+. The smallest absolute Gasteiger partial charge is 0.130 e. The number of rotatable bonds is 2. The normalized spacial score (nSPS) is 21.0. The molecule has 1 fully saturated rings. The van der Waals surface area contributed by atoms with E-state index < -0.39 is 0 Å². The number of nitrogens with one attached hydrogen (secondary N) is 1. The molecule has 0 bridgehead atoms. The summed E-state index contributed by atoms with van der Waals surface area (Å²) in [4.78, 5) is 0. The van der Waals surface area contributed by atoms with Gasteiger partial charge in [-0.15, -0.1) is 0 Å². The minimum Gasteiger partial charge on any atom is -0.482 e. The first-order valence-electron chi connectivity index (χ1n) is 7.76. The first kappa shape index (κ1) is 14.2. The van der Waals surface area contributed by atoms with Crippen molar-refractivity contribution >= 4 is 5.57 Å². The highest BCUT2D eigenvalue weighted by atomic mass is 16.5. The molecule has 2 nitrogen and oxygen atoms in total. The van der Waals surface area contributed by atoms with Gasteiger partial charge in [0.15, 0.2) is 0 Å². The van der Waals surface area contributed by atoms with Gasteiger partial charge in [-0.1, -0.05) is 36.4 Å². The molecule has 0 aromatic heterocycles. The van der Waals surface area contributed by atoms with Crippen molar-refractivity contribution in [3.05, 3.63) is 59.7 Å². The molecule has 1 N–H and O–H groups in total. The summed E-state index contributed by atoms with van der Waals surface area (Å²) in [6.07, 6.45) is 10.8. The lowest BCUT2D eigenvalue weighted by Crippen LogP contribution is -2.46. The van der Waals surface area contributed by atoms with Crippen molar-refractivity contribution in [2.24, 2.45) is 0 Å². The Hall–Kier alpha value is -1.80. The van der Waals surface area contributed by atoms with Crippen molar-refractivity contribution in [1.29, 1.82) is 0 Å². The Morgan fingerprint density at radius 1 is 1.24 bits per heavy atom. The fourth-order valence-electron chi connectivity index (χ4n) is 3.12. The summed E-state index contributed by atoms with van der Waals surface area (Å²) in [5, 5.41) is 3.42. The van der Waals surface area contributed by atoms with Crippen molar-refractivity contribution in [2.75, 3.05) is 13.1 Å². The zero-order valence-corrected chi connectivity index (χ0v) is 12.9. The number of piperidine rings is 1. The Bertz CT molecular complexity index is 604. The molecule has 21 heavy (non-hydrogen) atoms. The molecule has 1 aromatic carbocycles. The van der Waals surface area contributed by atoms with E-state index in [4.69, 9.17) is 4.74 Å². The molecule has 0 saturated carbocycles. The maximum atomic E-state index is 6.38. The predicted octanol–water partition coefficient (Wildman–Crippen LogP) is 4.11. The van der Waals surface area contributed by atoms with Crippen LogP contribution in [0.1, 0.15) is 32.3 Å². The van der Waals surface area contributed by atoms with E-state index in [1.807, 2.05) is 6.92 Å². The third-order valence-electron chi connectivity index (χ3n) is 4.31. The average Bonchev–Trinajstić information content (AvgIpc) is 2.52. The summed E-state index contributed by atoms with van der Waals surface area (Å²) in [5.74, 6) is 1.02. The van der Waals surface area contributed by atoms with Crippen molar-refractivity contribution in [2.45, 2.75) is 32.3 Å². The molecule has 2 heteroatoms. The van der Waals surface area contributed by atoms with E-state index in [1.165, 1.54) is 16.7 Å². The second-order valence-corrected chi connectivity index (χ2v) is 5.85. The van der Waals surface area contributed by atoms with E-state index in [0.29, 0.717) is 0 Å². The number of para-hydroxylation sites is 1. The van der Waals surface area contributed by atoms with Crippen LogP contribution in [0.25, 0.3) is 5.57 Å². The molecule has 3 rings (SSSR count). The van der Waals surface area contributed by atoms with Crippen LogP contribution >= 0.6 is 0 Å². The first-order valence-corrected chi connectivity index (χ1v) is 7.76. The van der Waals surface area contributed by atoms with Crippen LogP contribution in [0.4, 0.5) is 0 Å². The van der Waals surface area contributed by atoms with Gasteiger partial charge in [-0.05, 0) is 50.2 Å². The van der Waals surface area contributed by atoms with Gasteiger partial charge in [0.05, 0.1) is 0 Å². The molecular weight excluding hydrogens is 258 g/mol. The molecule has 2 aliphatic rings. The second kappa shape index (κ2) is 5.90. The van der Waals surface area contributed by atoms with E-state index in [1.54, 1.807) is 0 Å². The van der Waals surface area contributed by atoms with E-state index in [2.05, 4.69) is 60.8 Å². The van der Waals surface area contributed by atoms with Gasteiger partial charge in [-0.25, -0.2) is 0 Å². The lowest BCUT2D eigenvalue weighted by molar-refractivity contribution is 0.0816. The Morgan fingerprint density at radius 3 is 2.76 bits per heavy atom. The highest BCUT2D eigenvalue weighted by Crippen LogP contribution is 2.42. The van der Waals surface area contributed by atoms with E-state index in [-0.39, 0.29) is 5.60 Å². The molecule has 0 atom stereocenters. The van der Waals surface area contributed by atoms with Crippen LogP contribution in [0.2, 0.25) is 0 Å². The second-order valence-electron chi connectivity index (χ2n) is 5.85. The first-order chi connectivity index (χ1) is 10.2. The van der Waals surface area contributed by atoms with Crippen LogP contribution in [-0.2, 0) is 0 Å². The summed E-state index contributed by atoms with van der Waals surface area (Å²) < 4.78 is 6.38. The summed E-state index contributed by atoms with van der Waals surface area (Å²) in [6.45, 7) is 6.26. The van der Waals surface area contributed by atoms with Crippen LogP contribution in [0.3, 0.4) is 0 Å². The molecule has 2 aliphatic heterocycles. The van der Waals surface area contributed by atoms with Crippen LogP contribution in [-0.4, -0.2) is 18.7 Å². The minimum atomic E-state index is -0.139. The van der Waals surface area contributed by atoms with Gasteiger partial charge in [-0.3, -0.25) is 0 Å². The Morgan fingerprint density at radius 2 is 2.00 bits per heavy atom. The number of fused-ring (bicyclic) bond motifs is 1. The largest absolute Gasteiger partial charge is 0.482 e. The fourth-order valence-corrected chi connectivity index (χ4v) is 3.12. The lowest BCUT2D eigenvalue weighted by atomic mass is 9.83. The van der Waals surface area contributed by atoms with Gasteiger partial charge in [0.25, 0.3) is 0 Å². The topological polar surface area (TPSA) is 21.3 Å². The Kier molecular flexibility index (Phi) is 3.98. The van der Waals surface area contributed by atoms with Crippen LogP contribution in [0, 0.1) is 0 Å². The summed E-state index contributed by atoms with van der Waals surface area (Å²) in [7, 11) is 0. The van der Waals surface area contributed by atoms with Crippen molar-refractivity contribution in [3.63, 3.8) is 0 Å². The van der Waals surface area contributed by atoms with Crippen molar-refractivity contribution in [1.82, 2.24) is 5.32 Å². The van der Waals surface area contributed by atoms with Gasteiger partial charge in [0, 0.05) is 18.4 Å². The molecule has 2 heterocycles. The number of allylic oxidation sites excluding steroid dienone is 5. The molecule has 0 unspecified atom stereocenters. The molecule has 0 radical (unpaired) electrons. The molecule has 110 valence electrons. The lowest BCUT2D eigenvalue weighted by Gasteiger charge is -2.40. The van der Waals surface area contributed by atoms with Crippen LogP contribution in [0.15, 0.2) is 54.1 Å². The maximum absolute atomic E-state index is 6.38. The number of ether oxygens (including phenoxy) is 1. The zero-order chi connectivity index (χ0) is 14.7. The summed E-state index contributed by atoms with van der Waals surface area (Å²) >= 11 is 0. The fraction of sp³-hybridized carbons (Fsp3) is 0.368. The van der Waals surface area contributed by atoms with Crippen molar-refractivity contribution in [3.8, 4) is 5.75 Å². The molecule has 1 saturated heterocycles. The average molecular weight is 281 g/mol. The van der Waals surface area contributed by atoms with Gasteiger partial charge < -0.3 is 10.1 Å². The molecule has 1 aromatic rings. The molecule has 0 aliphatic carbocycles. The highest BCUT2D eigenvalue weighted by Gasteiger charge is 2.36. The SMILES string of the molecule is C/C=C\C=C(/C)C1=CC2(CCNCC2)Oc2ccccc21. The number of hydrogen-bond donors (Lipinski definition) is 1. The van der Waals surface area contributed by atoms with Crippen LogP contribution < -0.4 is 10.1 Å². The van der Waals surface area contributed by atoms with Gasteiger partial charge >= 0.3 is 0 Å². The third-order valence-corrected chi connectivity index (χ3v) is 4.31. The summed E-state index contributed by atoms with van der Waals surface area (Å²) in [5.41, 5.74) is 3.68. The van der Waals surface area contributed by atoms with E-state index in [9.17, 15) is 0 Å². The maximum Gasteiger partial charge on any atom is 0.130 e. The van der Waals surface area contributed by atoms with Crippen molar-refractivity contribution < 1.29 is 4.74 Å². The highest BCUT2D eigenvalue weighted by molar-refractivity contribution is 5.84. The number of benzene rings is 1. The summed E-state index contributed by atoms with van der Waals surface area (Å²) in [6, 6.07) is 8.39. The number of hydrogen-bond acceptors (Lipinski definition) is 2. The monoisotopic (exact) mass is 281 g/mol. The van der Waals surface area contributed by atoms with Gasteiger partial charge in [0.2, 0.25) is 0 Å². The zero-order valence-electron chi connectivity index (χ0n) is 12.9. The molecule has 1 spiro atoms. The third kappa shape index (κ3) is 2.81. The molecular formula is C19H23NO. The van der Waals surface area contributed by atoms with E-state index in [0.717, 1.165) is 31.7 Å². The van der Waals surface area contributed by atoms with Gasteiger partial charge in [0.1, 0.15) is 11.4 Å². The Balaban J connectivity index is 2.07. The van der Waals surface area contributed by atoms with E-state index >= 15 is 0 Å². The minimum absolute atomic E-state index is 0.139. The predicted molar refractivity (Wildman–Crippen MR) is 88.5 cm³/mol.